The van der Waals surface area contributed by atoms with E-state index in [2.05, 4.69) is 10.6 Å². The number of anilines is 1. The van der Waals surface area contributed by atoms with Gasteiger partial charge in [-0.05, 0) is 50.3 Å². The Bertz CT molecular complexity index is 493. The molecule has 0 aromatic heterocycles. The standard InChI is InChI=1S/C11H16N2O2S2/c1-8(2)12-11(16)13-9-4-6-10(7-5-9)17(3,14)15/h4-8H,1-3H3,(H2,12,13,16). The Labute approximate surface area is 107 Å². The topological polar surface area (TPSA) is 58.2 Å². The fourth-order valence-corrected chi connectivity index (χ4v) is 2.20. The third kappa shape index (κ3) is 4.70. The van der Waals surface area contributed by atoms with Crippen LogP contribution in [-0.4, -0.2) is 25.8 Å². The molecular formula is C11H16N2O2S2. The van der Waals surface area contributed by atoms with E-state index in [1.807, 2.05) is 13.8 Å². The van der Waals surface area contributed by atoms with Gasteiger partial charge >= 0.3 is 0 Å². The molecule has 2 N–H and O–H groups in total. The molecular weight excluding hydrogens is 256 g/mol. The second kappa shape index (κ2) is 5.46. The quantitative estimate of drug-likeness (QED) is 0.822. The van der Waals surface area contributed by atoms with Gasteiger partial charge in [-0.3, -0.25) is 0 Å². The smallest absolute Gasteiger partial charge is 0.175 e. The molecule has 0 unspecified atom stereocenters. The molecule has 0 aliphatic carbocycles. The van der Waals surface area contributed by atoms with Gasteiger partial charge in [0.2, 0.25) is 0 Å². The van der Waals surface area contributed by atoms with Crippen molar-refractivity contribution in [2.24, 2.45) is 0 Å². The predicted octanol–water partition coefficient (Wildman–Crippen LogP) is 1.78. The number of hydrogen-bond acceptors (Lipinski definition) is 3. The molecule has 0 saturated heterocycles. The Kier molecular flexibility index (Phi) is 4.47. The van der Waals surface area contributed by atoms with Crippen molar-refractivity contribution < 1.29 is 8.42 Å². The van der Waals surface area contributed by atoms with Gasteiger partial charge in [-0.25, -0.2) is 8.42 Å². The molecule has 0 bridgehead atoms. The van der Waals surface area contributed by atoms with E-state index >= 15 is 0 Å². The van der Waals surface area contributed by atoms with Gasteiger partial charge < -0.3 is 10.6 Å². The highest BCUT2D eigenvalue weighted by molar-refractivity contribution is 7.90. The van der Waals surface area contributed by atoms with Crippen LogP contribution in [0.4, 0.5) is 5.69 Å². The summed E-state index contributed by atoms with van der Waals surface area (Å²) in [6, 6.07) is 6.73. The van der Waals surface area contributed by atoms with Crippen LogP contribution in [0.3, 0.4) is 0 Å². The predicted molar refractivity (Wildman–Crippen MR) is 74.0 cm³/mol. The number of rotatable bonds is 3. The van der Waals surface area contributed by atoms with E-state index in [-0.39, 0.29) is 6.04 Å². The first-order valence-electron chi connectivity index (χ1n) is 5.16. The van der Waals surface area contributed by atoms with Gasteiger partial charge in [0.05, 0.1) is 4.90 Å². The minimum absolute atomic E-state index is 0.255. The van der Waals surface area contributed by atoms with Crippen molar-refractivity contribution in [3.05, 3.63) is 24.3 Å². The molecule has 0 saturated carbocycles. The van der Waals surface area contributed by atoms with Crippen LogP contribution in [0.5, 0.6) is 0 Å². The van der Waals surface area contributed by atoms with E-state index in [0.29, 0.717) is 10.0 Å². The van der Waals surface area contributed by atoms with Crippen molar-refractivity contribution in [3.8, 4) is 0 Å². The van der Waals surface area contributed by atoms with E-state index in [9.17, 15) is 8.42 Å². The molecule has 1 aromatic rings. The summed E-state index contributed by atoms with van der Waals surface area (Å²) in [5, 5.41) is 6.54. The zero-order valence-electron chi connectivity index (χ0n) is 10.0. The van der Waals surface area contributed by atoms with Gasteiger partial charge in [0, 0.05) is 18.0 Å². The molecule has 1 aromatic carbocycles. The van der Waals surface area contributed by atoms with Crippen molar-refractivity contribution in [2.75, 3.05) is 11.6 Å². The van der Waals surface area contributed by atoms with Crippen LogP contribution < -0.4 is 10.6 Å². The van der Waals surface area contributed by atoms with Crippen LogP contribution in [0.2, 0.25) is 0 Å². The molecule has 0 atom stereocenters. The number of benzene rings is 1. The molecule has 0 fully saturated rings. The van der Waals surface area contributed by atoms with Gasteiger partial charge in [0.15, 0.2) is 14.9 Å². The van der Waals surface area contributed by atoms with Crippen LogP contribution in [-0.2, 0) is 9.84 Å². The van der Waals surface area contributed by atoms with Gasteiger partial charge in [0.1, 0.15) is 0 Å². The Morgan fingerprint density at radius 1 is 1.24 bits per heavy atom. The fourth-order valence-electron chi connectivity index (χ4n) is 1.21. The average molecular weight is 272 g/mol. The molecule has 17 heavy (non-hydrogen) atoms. The highest BCUT2D eigenvalue weighted by Gasteiger charge is 2.06. The molecule has 4 nitrogen and oxygen atoms in total. The Morgan fingerprint density at radius 2 is 1.76 bits per heavy atom. The minimum Gasteiger partial charge on any atom is -0.360 e. The van der Waals surface area contributed by atoms with E-state index in [1.54, 1.807) is 24.3 Å². The van der Waals surface area contributed by atoms with Crippen LogP contribution in [0.1, 0.15) is 13.8 Å². The number of nitrogens with one attached hydrogen (secondary N) is 2. The number of hydrogen-bond donors (Lipinski definition) is 2. The Hall–Kier alpha value is -1.14. The van der Waals surface area contributed by atoms with Crippen molar-refractivity contribution in [3.63, 3.8) is 0 Å². The molecule has 0 heterocycles. The normalized spacial score (nSPS) is 11.3. The summed E-state index contributed by atoms with van der Waals surface area (Å²) in [7, 11) is -3.14. The molecule has 0 amide bonds. The molecule has 6 heteroatoms. The lowest BCUT2D eigenvalue weighted by atomic mass is 10.3. The van der Waals surface area contributed by atoms with E-state index in [4.69, 9.17) is 12.2 Å². The van der Waals surface area contributed by atoms with Crippen molar-refractivity contribution in [1.29, 1.82) is 0 Å². The lowest BCUT2D eigenvalue weighted by molar-refractivity contribution is 0.602. The van der Waals surface area contributed by atoms with E-state index < -0.39 is 9.84 Å². The molecule has 1 rings (SSSR count). The first kappa shape index (κ1) is 13.9. The Morgan fingerprint density at radius 3 is 2.18 bits per heavy atom. The fraction of sp³-hybridized carbons (Fsp3) is 0.364. The average Bonchev–Trinajstić information content (AvgIpc) is 2.15. The zero-order valence-corrected chi connectivity index (χ0v) is 11.7. The summed E-state index contributed by atoms with van der Waals surface area (Å²) in [4.78, 5) is 0.297. The lowest BCUT2D eigenvalue weighted by Crippen LogP contribution is -2.33. The monoisotopic (exact) mass is 272 g/mol. The third-order valence-corrected chi connectivity index (χ3v) is 3.31. The van der Waals surface area contributed by atoms with Gasteiger partial charge in [-0.2, -0.15) is 0 Å². The summed E-state index contributed by atoms with van der Waals surface area (Å²) in [5.74, 6) is 0. The summed E-state index contributed by atoms with van der Waals surface area (Å²) in [6.07, 6.45) is 1.18. The number of sulfone groups is 1. The first-order valence-corrected chi connectivity index (χ1v) is 7.46. The van der Waals surface area contributed by atoms with Crippen LogP contribution in [0, 0.1) is 0 Å². The Balaban J connectivity index is 2.73. The van der Waals surface area contributed by atoms with Crippen LogP contribution >= 0.6 is 12.2 Å². The van der Waals surface area contributed by atoms with Crippen molar-refractivity contribution >= 4 is 32.9 Å². The lowest BCUT2D eigenvalue weighted by Gasteiger charge is -2.13. The highest BCUT2D eigenvalue weighted by atomic mass is 32.2. The van der Waals surface area contributed by atoms with Gasteiger partial charge in [-0.1, -0.05) is 0 Å². The third-order valence-electron chi connectivity index (χ3n) is 1.96. The number of thiocarbonyl (C=S) groups is 1. The maximum atomic E-state index is 11.3. The summed E-state index contributed by atoms with van der Waals surface area (Å²) >= 11 is 5.08. The van der Waals surface area contributed by atoms with Gasteiger partial charge in [0.25, 0.3) is 0 Å². The second-order valence-corrected chi connectivity index (χ2v) is 6.47. The largest absolute Gasteiger partial charge is 0.360 e. The zero-order chi connectivity index (χ0) is 13.1. The molecule has 0 aliphatic heterocycles. The minimum atomic E-state index is -3.14. The first-order chi connectivity index (χ1) is 7.79. The van der Waals surface area contributed by atoms with Crippen LogP contribution in [0.15, 0.2) is 29.2 Å². The van der Waals surface area contributed by atoms with Crippen molar-refractivity contribution in [1.82, 2.24) is 5.32 Å². The summed E-state index contributed by atoms with van der Waals surface area (Å²) in [6.45, 7) is 3.97. The maximum absolute atomic E-state index is 11.3. The molecule has 0 spiro atoms. The van der Waals surface area contributed by atoms with Crippen LogP contribution in [0.25, 0.3) is 0 Å². The highest BCUT2D eigenvalue weighted by Crippen LogP contribution is 2.13. The van der Waals surface area contributed by atoms with Crippen molar-refractivity contribution in [2.45, 2.75) is 24.8 Å². The molecule has 0 aliphatic rings. The summed E-state index contributed by atoms with van der Waals surface area (Å²) in [5.41, 5.74) is 0.760. The maximum Gasteiger partial charge on any atom is 0.175 e. The van der Waals surface area contributed by atoms with E-state index in [1.165, 1.54) is 6.26 Å². The summed E-state index contributed by atoms with van der Waals surface area (Å²) < 4.78 is 22.5. The van der Waals surface area contributed by atoms with Gasteiger partial charge in [-0.15, -0.1) is 0 Å². The SMILES string of the molecule is CC(C)NC(=S)Nc1ccc(S(C)(=O)=O)cc1. The second-order valence-electron chi connectivity index (χ2n) is 4.05. The molecule has 0 radical (unpaired) electrons. The molecule has 94 valence electrons. The van der Waals surface area contributed by atoms with E-state index in [0.717, 1.165) is 5.69 Å².